The van der Waals surface area contributed by atoms with Gasteiger partial charge >= 0.3 is 0 Å². The maximum Gasteiger partial charge on any atom is 0.129 e. The second-order valence-electron chi connectivity index (χ2n) is 4.20. The number of rotatable bonds is 2. The molecule has 17 heavy (non-hydrogen) atoms. The van der Waals surface area contributed by atoms with Crippen LogP contribution in [0, 0.1) is 13.8 Å². The molecule has 0 amide bonds. The number of methoxy groups -OCH3 is 1. The molecule has 2 N–H and O–H groups in total. The highest BCUT2D eigenvalue weighted by Crippen LogP contribution is 2.32. The predicted octanol–water partition coefficient (Wildman–Crippen LogP) is 2.29. The normalized spacial score (nSPS) is 10.6. The molecule has 0 saturated carbocycles. The minimum atomic E-state index is 0.678. The van der Waals surface area contributed by atoms with Crippen molar-refractivity contribution >= 4 is 5.82 Å². The first kappa shape index (κ1) is 11.5. The Bertz CT molecular complexity index is 558. The third-order valence-electron chi connectivity index (χ3n) is 3.02. The second kappa shape index (κ2) is 4.13. The summed E-state index contributed by atoms with van der Waals surface area (Å²) in [6, 6.07) is 4.11. The van der Waals surface area contributed by atoms with Crippen molar-refractivity contribution in [2.24, 2.45) is 7.05 Å². The first-order chi connectivity index (χ1) is 8.04. The maximum absolute atomic E-state index is 5.99. The number of nitrogen functional groups attached to an aromatic ring is 1. The average molecular weight is 231 g/mol. The van der Waals surface area contributed by atoms with Gasteiger partial charge in [-0.2, -0.15) is 5.10 Å². The minimum Gasteiger partial charge on any atom is -0.496 e. The van der Waals surface area contributed by atoms with Crippen molar-refractivity contribution in [2.75, 3.05) is 12.8 Å². The van der Waals surface area contributed by atoms with Crippen LogP contribution >= 0.6 is 0 Å². The Morgan fingerprint density at radius 1 is 1.18 bits per heavy atom. The number of aryl methyl sites for hydroxylation is 3. The molecule has 1 heterocycles. The molecule has 90 valence electrons. The Kier molecular flexibility index (Phi) is 2.79. The van der Waals surface area contributed by atoms with Gasteiger partial charge in [0.2, 0.25) is 0 Å². The lowest BCUT2D eigenvalue weighted by Crippen LogP contribution is -1.99. The third-order valence-corrected chi connectivity index (χ3v) is 3.02. The van der Waals surface area contributed by atoms with Crippen LogP contribution < -0.4 is 10.5 Å². The Morgan fingerprint density at radius 3 is 2.41 bits per heavy atom. The molecular formula is C13H17N3O. The van der Waals surface area contributed by atoms with Crippen molar-refractivity contribution in [3.05, 3.63) is 29.5 Å². The molecule has 0 aliphatic heterocycles. The zero-order valence-electron chi connectivity index (χ0n) is 10.6. The summed E-state index contributed by atoms with van der Waals surface area (Å²) in [4.78, 5) is 0. The van der Waals surface area contributed by atoms with Gasteiger partial charge in [0.15, 0.2) is 0 Å². The highest BCUT2D eigenvalue weighted by Gasteiger charge is 2.12. The fraction of sp³-hybridized carbons (Fsp3) is 0.308. The van der Waals surface area contributed by atoms with Crippen LogP contribution in [0.1, 0.15) is 11.1 Å². The zero-order valence-corrected chi connectivity index (χ0v) is 10.6. The average Bonchev–Trinajstić information content (AvgIpc) is 2.63. The first-order valence-electron chi connectivity index (χ1n) is 5.47. The van der Waals surface area contributed by atoms with Crippen LogP contribution in [-0.2, 0) is 7.05 Å². The standard InChI is InChI=1S/C13H17N3O/c1-8-6-12(17-4)9(2)5-10(8)11-7-15-16(3)13(11)14/h5-7H,14H2,1-4H3. The zero-order chi connectivity index (χ0) is 12.6. The summed E-state index contributed by atoms with van der Waals surface area (Å²) < 4.78 is 6.97. The van der Waals surface area contributed by atoms with E-state index in [9.17, 15) is 0 Å². The molecule has 4 heteroatoms. The van der Waals surface area contributed by atoms with E-state index in [0.717, 1.165) is 28.0 Å². The van der Waals surface area contributed by atoms with Crippen LogP contribution in [0.5, 0.6) is 5.75 Å². The maximum atomic E-state index is 5.99. The summed E-state index contributed by atoms with van der Waals surface area (Å²) in [7, 11) is 3.52. The van der Waals surface area contributed by atoms with Gasteiger partial charge in [-0.25, -0.2) is 0 Å². The number of hydrogen-bond donors (Lipinski definition) is 1. The Labute approximate surface area is 101 Å². The molecule has 1 aromatic heterocycles. The van der Waals surface area contributed by atoms with Gasteiger partial charge in [-0.1, -0.05) is 0 Å². The number of nitrogens with two attached hydrogens (primary N) is 1. The van der Waals surface area contributed by atoms with Gasteiger partial charge in [0.25, 0.3) is 0 Å². The Hall–Kier alpha value is -1.97. The Morgan fingerprint density at radius 2 is 1.88 bits per heavy atom. The summed E-state index contributed by atoms with van der Waals surface area (Å²) in [5, 5.41) is 4.17. The highest BCUT2D eigenvalue weighted by molar-refractivity contribution is 5.77. The quantitative estimate of drug-likeness (QED) is 0.862. The fourth-order valence-corrected chi connectivity index (χ4v) is 1.95. The topological polar surface area (TPSA) is 53.1 Å². The van der Waals surface area contributed by atoms with E-state index in [1.165, 1.54) is 0 Å². The predicted molar refractivity (Wildman–Crippen MR) is 69.1 cm³/mol. The third kappa shape index (κ3) is 1.86. The molecule has 2 rings (SSSR count). The van der Waals surface area contributed by atoms with Crippen molar-refractivity contribution in [3.8, 4) is 16.9 Å². The summed E-state index contributed by atoms with van der Waals surface area (Å²) in [5.41, 5.74) is 10.3. The second-order valence-corrected chi connectivity index (χ2v) is 4.20. The summed E-state index contributed by atoms with van der Waals surface area (Å²) in [6.45, 7) is 4.07. The molecule has 0 saturated heterocycles. The van der Waals surface area contributed by atoms with Crippen molar-refractivity contribution in [3.63, 3.8) is 0 Å². The van der Waals surface area contributed by atoms with E-state index in [1.54, 1.807) is 18.0 Å². The van der Waals surface area contributed by atoms with Gasteiger partial charge in [0.1, 0.15) is 11.6 Å². The van der Waals surface area contributed by atoms with Gasteiger partial charge < -0.3 is 10.5 Å². The summed E-state index contributed by atoms with van der Waals surface area (Å²) in [5.74, 6) is 1.58. The number of anilines is 1. The molecule has 0 aliphatic carbocycles. The number of nitrogens with zero attached hydrogens (tertiary/aromatic N) is 2. The lowest BCUT2D eigenvalue weighted by Gasteiger charge is -2.11. The molecular weight excluding hydrogens is 214 g/mol. The monoisotopic (exact) mass is 231 g/mol. The van der Waals surface area contributed by atoms with Crippen LogP contribution in [0.25, 0.3) is 11.1 Å². The molecule has 0 bridgehead atoms. The van der Waals surface area contributed by atoms with E-state index in [4.69, 9.17) is 10.5 Å². The number of ether oxygens (including phenoxy) is 1. The molecule has 0 atom stereocenters. The van der Waals surface area contributed by atoms with E-state index in [-0.39, 0.29) is 0 Å². The summed E-state index contributed by atoms with van der Waals surface area (Å²) >= 11 is 0. The number of aromatic nitrogens is 2. The van der Waals surface area contributed by atoms with Gasteiger partial charge in [-0.05, 0) is 42.7 Å². The number of benzene rings is 1. The van der Waals surface area contributed by atoms with E-state index >= 15 is 0 Å². The molecule has 2 aromatic rings. The highest BCUT2D eigenvalue weighted by atomic mass is 16.5. The van der Waals surface area contributed by atoms with Crippen LogP contribution in [-0.4, -0.2) is 16.9 Å². The van der Waals surface area contributed by atoms with Gasteiger partial charge in [0, 0.05) is 12.6 Å². The van der Waals surface area contributed by atoms with Gasteiger partial charge in [-0.3, -0.25) is 4.68 Å². The van der Waals surface area contributed by atoms with E-state index in [0.29, 0.717) is 5.82 Å². The largest absolute Gasteiger partial charge is 0.496 e. The molecule has 0 unspecified atom stereocenters. The SMILES string of the molecule is COc1cc(C)c(-c2cnn(C)c2N)cc1C. The lowest BCUT2D eigenvalue weighted by atomic mass is 9.99. The first-order valence-corrected chi connectivity index (χ1v) is 5.47. The molecule has 4 nitrogen and oxygen atoms in total. The number of hydrogen-bond acceptors (Lipinski definition) is 3. The van der Waals surface area contributed by atoms with Crippen LogP contribution in [0.4, 0.5) is 5.82 Å². The van der Waals surface area contributed by atoms with Crippen molar-refractivity contribution in [2.45, 2.75) is 13.8 Å². The molecule has 0 radical (unpaired) electrons. The van der Waals surface area contributed by atoms with Crippen LogP contribution in [0.2, 0.25) is 0 Å². The Balaban J connectivity index is 2.60. The summed E-state index contributed by atoms with van der Waals surface area (Å²) in [6.07, 6.45) is 1.80. The smallest absolute Gasteiger partial charge is 0.129 e. The van der Waals surface area contributed by atoms with E-state index in [2.05, 4.69) is 11.2 Å². The van der Waals surface area contributed by atoms with Gasteiger partial charge in [0.05, 0.1) is 13.3 Å². The molecule has 0 fully saturated rings. The van der Waals surface area contributed by atoms with E-state index < -0.39 is 0 Å². The minimum absolute atomic E-state index is 0.678. The molecule has 1 aromatic carbocycles. The van der Waals surface area contributed by atoms with E-state index in [1.807, 2.05) is 27.0 Å². The van der Waals surface area contributed by atoms with Crippen LogP contribution in [0.3, 0.4) is 0 Å². The van der Waals surface area contributed by atoms with Crippen molar-refractivity contribution < 1.29 is 4.74 Å². The molecule has 0 spiro atoms. The lowest BCUT2D eigenvalue weighted by molar-refractivity contribution is 0.411. The van der Waals surface area contributed by atoms with Crippen LogP contribution in [0.15, 0.2) is 18.3 Å². The van der Waals surface area contributed by atoms with Gasteiger partial charge in [-0.15, -0.1) is 0 Å². The fourth-order valence-electron chi connectivity index (χ4n) is 1.95. The molecule has 0 aliphatic rings. The van der Waals surface area contributed by atoms with Crippen molar-refractivity contribution in [1.82, 2.24) is 9.78 Å². The van der Waals surface area contributed by atoms with Crippen molar-refractivity contribution in [1.29, 1.82) is 0 Å².